The first-order valence-corrected chi connectivity index (χ1v) is 6.88. The molecule has 0 bridgehead atoms. The van der Waals surface area contributed by atoms with Gasteiger partial charge in [-0.2, -0.15) is 0 Å². The molecule has 2 heteroatoms. The zero-order valence-corrected chi connectivity index (χ0v) is 10.6. The van der Waals surface area contributed by atoms with E-state index < -0.39 is 0 Å². The minimum Gasteiger partial charge on any atom is -0.314 e. The summed E-state index contributed by atoms with van der Waals surface area (Å²) >= 11 is 0. The number of hydrogen-bond donors (Lipinski definition) is 2. The fourth-order valence-electron chi connectivity index (χ4n) is 3.36. The highest BCUT2D eigenvalue weighted by Gasteiger charge is 2.28. The summed E-state index contributed by atoms with van der Waals surface area (Å²) in [7, 11) is 0. The van der Waals surface area contributed by atoms with Gasteiger partial charge in [-0.1, -0.05) is 23.8 Å². The van der Waals surface area contributed by atoms with Crippen LogP contribution in [0.15, 0.2) is 18.2 Å². The van der Waals surface area contributed by atoms with Crippen molar-refractivity contribution < 1.29 is 0 Å². The first-order valence-electron chi connectivity index (χ1n) is 6.88. The molecule has 1 fully saturated rings. The number of rotatable bonds is 1. The van der Waals surface area contributed by atoms with Crippen LogP contribution in [0, 0.1) is 6.92 Å². The van der Waals surface area contributed by atoms with Gasteiger partial charge in [0.1, 0.15) is 0 Å². The van der Waals surface area contributed by atoms with E-state index in [1.807, 2.05) is 0 Å². The molecule has 1 aromatic rings. The molecule has 92 valence electrons. The van der Waals surface area contributed by atoms with Crippen LogP contribution in [0.4, 0.5) is 0 Å². The Morgan fingerprint density at radius 3 is 3.00 bits per heavy atom. The van der Waals surface area contributed by atoms with Gasteiger partial charge in [0.25, 0.3) is 0 Å². The first-order chi connectivity index (χ1) is 8.34. The summed E-state index contributed by atoms with van der Waals surface area (Å²) in [4.78, 5) is 0. The van der Waals surface area contributed by atoms with Gasteiger partial charge in [0.05, 0.1) is 0 Å². The molecule has 1 aliphatic carbocycles. The molecule has 0 amide bonds. The molecule has 2 atom stereocenters. The van der Waals surface area contributed by atoms with Crippen molar-refractivity contribution in [1.29, 1.82) is 0 Å². The molecule has 1 aliphatic heterocycles. The summed E-state index contributed by atoms with van der Waals surface area (Å²) in [6.07, 6.45) is 3.96. The highest BCUT2D eigenvalue weighted by molar-refractivity contribution is 5.37. The molecule has 2 aliphatic rings. The minimum absolute atomic E-state index is 0.630. The fraction of sp³-hybridized carbons (Fsp3) is 0.600. The van der Waals surface area contributed by atoms with E-state index in [4.69, 9.17) is 0 Å². The summed E-state index contributed by atoms with van der Waals surface area (Å²) in [5.41, 5.74) is 4.59. The molecule has 0 radical (unpaired) electrons. The van der Waals surface area contributed by atoms with Crippen LogP contribution < -0.4 is 10.6 Å². The van der Waals surface area contributed by atoms with Crippen LogP contribution in [-0.2, 0) is 6.42 Å². The Hall–Kier alpha value is -0.860. The fourth-order valence-corrected chi connectivity index (χ4v) is 3.36. The van der Waals surface area contributed by atoms with Crippen molar-refractivity contribution in [2.24, 2.45) is 0 Å². The van der Waals surface area contributed by atoms with Crippen LogP contribution in [-0.4, -0.2) is 25.7 Å². The zero-order valence-electron chi connectivity index (χ0n) is 10.6. The molecular weight excluding hydrogens is 208 g/mol. The van der Waals surface area contributed by atoms with E-state index in [2.05, 4.69) is 35.8 Å². The number of benzene rings is 1. The van der Waals surface area contributed by atoms with Crippen molar-refractivity contribution in [3.05, 3.63) is 34.9 Å². The van der Waals surface area contributed by atoms with Gasteiger partial charge in [-0.05, 0) is 37.3 Å². The molecule has 2 N–H and O–H groups in total. The molecule has 17 heavy (non-hydrogen) atoms. The van der Waals surface area contributed by atoms with Gasteiger partial charge in [-0.15, -0.1) is 0 Å². The predicted octanol–water partition coefficient (Wildman–Crippen LogP) is 1.98. The number of piperazine rings is 1. The van der Waals surface area contributed by atoms with E-state index in [0.717, 1.165) is 19.6 Å². The van der Waals surface area contributed by atoms with E-state index in [-0.39, 0.29) is 0 Å². The summed E-state index contributed by atoms with van der Waals surface area (Å²) in [6.45, 7) is 5.55. The predicted molar refractivity (Wildman–Crippen MR) is 71.5 cm³/mol. The lowest BCUT2D eigenvalue weighted by molar-refractivity contribution is 0.341. The highest BCUT2D eigenvalue weighted by Crippen LogP contribution is 2.34. The van der Waals surface area contributed by atoms with E-state index in [9.17, 15) is 0 Å². The summed E-state index contributed by atoms with van der Waals surface area (Å²) in [6, 6.07) is 7.65. The lowest BCUT2D eigenvalue weighted by Crippen LogP contribution is -2.51. The largest absolute Gasteiger partial charge is 0.314 e. The lowest BCUT2D eigenvalue weighted by atomic mass is 9.78. The average Bonchev–Trinajstić information content (AvgIpc) is 2.39. The molecule has 3 rings (SSSR count). The Bertz CT molecular complexity index is 394. The first kappa shape index (κ1) is 11.2. The molecule has 1 saturated heterocycles. The molecular formula is C15H22N2. The van der Waals surface area contributed by atoms with Crippen LogP contribution in [0.5, 0.6) is 0 Å². The third kappa shape index (κ3) is 2.24. The topological polar surface area (TPSA) is 24.1 Å². The van der Waals surface area contributed by atoms with Crippen molar-refractivity contribution in [2.75, 3.05) is 19.6 Å². The Balaban J connectivity index is 1.88. The van der Waals surface area contributed by atoms with E-state index in [1.165, 1.54) is 24.8 Å². The zero-order chi connectivity index (χ0) is 11.7. The maximum atomic E-state index is 3.68. The number of fused-ring (bicyclic) bond motifs is 1. The van der Waals surface area contributed by atoms with Crippen molar-refractivity contribution >= 4 is 0 Å². The standard InChI is InChI=1S/C15H22N2/c1-11-5-6-13-12(9-11)3-2-4-14(13)15-10-16-7-8-17-15/h5-6,9,14-17H,2-4,7-8,10H2,1H3. The van der Waals surface area contributed by atoms with E-state index >= 15 is 0 Å². The number of hydrogen-bond acceptors (Lipinski definition) is 2. The van der Waals surface area contributed by atoms with Crippen LogP contribution in [0.1, 0.15) is 35.4 Å². The number of nitrogens with one attached hydrogen (secondary N) is 2. The quantitative estimate of drug-likeness (QED) is 0.771. The van der Waals surface area contributed by atoms with Gasteiger partial charge in [0, 0.05) is 31.6 Å². The average molecular weight is 230 g/mol. The van der Waals surface area contributed by atoms with Crippen LogP contribution in [0.3, 0.4) is 0 Å². The van der Waals surface area contributed by atoms with Gasteiger partial charge < -0.3 is 10.6 Å². The Labute approximate surface area is 104 Å². The van der Waals surface area contributed by atoms with E-state index in [0.29, 0.717) is 12.0 Å². The Kier molecular flexibility index (Phi) is 3.17. The molecule has 1 aromatic carbocycles. The monoisotopic (exact) mass is 230 g/mol. The molecule has 0 saturated carbocycles. The molecule has 2 nitrogen and oxygen atoms in total. The summed E-state index contributed by atoms with van der Waals surface area (Å²) in [5, 5.41) is 7.19. The lowest BCUT2D eigenvalue weighted by Gasteiger charge is -2.36. The van der Waals surface area contributed by atoms with Gasteiger partial charge in [-0.3, -0.25) is 0 Å². The smallest absolute Gasteiger partial charge is 0.0261 e. The second-order valence-electron chi connectivity index (χ2n) is 5.47. The van der Waals surface area contributed by atoms with Crippen molar-refractivity contribution in [3.63, 3.8) is 0 Å². The molecule has 2 unspecified atom stereocenters. The highest BCUT2D eigenvalue weighted by atomic mass is 15.1. The SMILES string of the molecule is Cc1ccc2c(c1)CCCC2C1CNCCN1. The third-order valence-electron chi connectivity index (χ3n) is 4.22. The van der Waals surface area contributed by atoms with Crippen LogP contribution >= 0.6 is 0 Å². The normalized spacial score (nSPS) is 28.8. The maximum absolute atomic E-state index is 3.68. The van der Waals surface area contributed by atoms with Gasteiger partial charge >= 0.3 is 0 Å². The van der Waals surface area contributed by atoms with Crippen molar-refractivity contribution in [2.45, 2.75) is 38.1 Å². The van der Waals surface area contributed by atoms with Gasteiger partial charge in [0.2, 0.25) is 0 Å². The Morgan fingerprint density at radius 2 is 2.18 bits per heavy atom. The Morgan fingerprint density at radius 1 is 1.24 bits per heavy atom. The molecule has 1 heterocycles. The van der Waals surface area contributed by atoms with Gasteiger partial charge in [0.15, 0.2) is 0 Å². The van der Waals surface area contributed by atoms with Crippen molar-refractivity contribution in [3.8, 4) is 0 Å². The van der Waals surface area contributed by atoms with Crippen LogP contribution in [0.25, 0.3) is 0 Å². The summed E-state index contributed by atoms with van der Waals surface area (Å²) < 4.78 is 0. The minimum atomic E-state index is 0.630. The maximum Gasteiger partial charge on any atom is 0.0261 e. The molecule has 0 aromatic heterocycles. The molecule has 0 spiro atoms. The van der Waals surface area contributed by atoms with Crippen molar-refractivity contribution in [1.82, 2.24) is 10.6 Å². The number of aryl methyl sites for hydroxylation is 2. The van der Waals surface area contributed by atoms with E-state index in [1.54, 1.807) is 11.1 Å². The second kappa shape index (κ2) is 4.79. The third-order valence-corrected chi connectivity index (χ3v) is 4.22. The summed E-state index contributed by atoms with van der Waals surface area (Å²) in [5.74, 6) is 0.715. The second-order valence-corrected chi connectivity index (χ2v) is 5.47. The van der Waals surface area contributed by atoms with Crippen LogP contribution in [0.2, 0.25) is 0 Å². The van der Waals surface area contributed by atoms with Gasteiger partial charge in [-0.25, -0.2) is 0 Å².